The van der Waals surface area contributed by atoms with Crippen LogP contribution in [-0.4, -0.2) is 42.0 Å². The number of fused-ring (bicyclic) bond motifs is 1. The van der Waals surface area contributed by atoms with E-state index in [4.69, 9.17) is 0 Å². The molecule has 0 aliphatic rings. The van der Waals surface area contributed by atoms with E-state index in [0.717, 1.165) is 36.0 Å². The van der Waals surface area contributed by atoms with E-state index in [1.807, 2.05) is 45.0 Å². The van der Waals surface area contributed by atoms with Crippen molar-refractivity contribution in [2.75, 3.05) is 26.2 Å². The summed E-state index contributed by atoms with van der Waals surface area (Å²) < 4.78 is 0. The van der Waals surface area contributed by atoms with Crippen LogP contribution in [0.2, 0.25) is 0 Å². The highest BCUT2D eigenvalue weighted by molar-refractivity contribution is 5.97. The van der Waals surface area contributed by atoms with Gasteiger partial charge in [-0.3, -0.25) is 9.78 Å². The molecule has 0 saturated carbocycles. The Balaban J connectivity index is 0.00000127. The van der Waals surface area contributed by atoms with E-state index in [-0.39, 0.29) is 5.91 Å². The van der Waals surface area contributed by atoms with Gasteiger partial charge in [-0.15, -0.1) is 0 Å². The van der Waals surface area contributed by atoms with Crippen molar-refractivity contribution in [2.24, 2.45) is 0 Å². The Labute approximate surface area is 139 Å². The molecular weight excluding hydrogens is 286 g/mol. The van der Waals surface area contributed by atoms with E-state index in [2.05, 4.69) is 29.0 Å². The van der Waals surface area contributed by atoms with Crippen molar-refractivity contribution < 1.29 is 4.79 Å². The minimum Gasteiger partial charge on any atom is -0.349 e. The zero-order valence-corrected chi connectivity index (χ0v) is 15.0. The molecule has 2 rings (SSSR count). The quantitative estimate of drug-likeness (QED) is 0.885. The van der Waals surface area contributed by atoms with E-state index in [0.29, 0.717) is 12.2 Å². The Morgan fingerprint density at radius 1 is 1.22 bits per heavy atom. The van der Waals surface area contributed by atoms with E-state index < -0.39 is 0 Å². The maximum absolute atomic E-state index is 12.2. The summed E-state index contributed by atoms with van der Waals surface area (Å²) in [5, 5.41) is 5.09. The number of benzene rings is 1. The normalized spacial score (nSPS) is 10.3. The predicted octanol–water partition coefficient (Wildman–Crippen LogP) is 3.64. The molecule has 0 fully saturated rings. The Kier molecular flexibility index (Phi) is 8.27. The van der Waals surface area contributed by atoms with Crippen molar-refractivity contribution in [3.63, 3.8) is 0 Å². The molecule has 1 aromatic carbocycles. The van der Waals surface area contributed by atoms with Crippen LogP contribution in [0.3, 0.4) is 0 Å². The summed E-state index contributed by atoms with van der Waals surface area (Å²) in [6.07, 6.45) is 1.77. The van der Waals surface area contributed by atoms with Crippen LogP contribution in [0.1, 0.15) is 43.7 Å². The fraction of sp³-hybridized carbons (Fsp3) is 0.474. The molecule has 126 valence electrons. The molecule has 0 aliphatic carbocycles. The zero-order valence-electron chi connectivity index (χ0n) is 15.0. The molecular formula is C19H29N3O. The second kappa shape index (κ2) is 9.95. The van der Waals surface area contributed by atoms with Gasteiger partial charge in [0.15, 0.2) is 0 Å². The van der Waals surface area contributed by atoms with Crippen LogP contribution in [0.4, 0.5) is 0 Å². The number of carbonyl (C=O) groups excluding carboxylic acids is 1. The number of nitrogens with zero attached hydrogens (tertiary/aromatic N) is 2. The maximum Gasteiger partial charge on any atom is 0.269 e. The van der Waals surface area contributed by atoms with E-state index in [1.165, 1.54) is 0 Å². The lowest BCUT2D eigenvalue weighted by Gasteiger charge is -2.17. The van der Waals surface area contributed by atoms with Crippen LogP contribution >= 0.6 is 0 Å². The first kappa shape index (κ1) is 19.1. The van der Waals surface area contributed by atoms with Crippen molar-refractivity contribution in [3.8, 4) is 0 Å². The van der Waals surface area contributed by atoms with Crippen molar-refractivity contribution in [1.82, 2.24) is 15.2 Å². The molecule has 1 amide bonds. The van der Waals surface area contributed by atoms with Crippen molar-refractivity contribution in [1.29, 1.82) is 0 Å². The Hall–Kier alpha value is -1.94. The summed E-state index contributed by atoms with van der Waals surface area (Å²) in [7, 11) is 0. The van der Waals surface area contributed by atoms with Gasteiger partial charge in [0.05, 0.1) is 0 Å². The molecule has 2 aromatic rings. The van der Waals surface area contributed by atoms with Crippen LogP contribution < -0.4 is 5.32 Å². The molecule has 0 atom stereocenters. The van der Waals surface area contributed by atoms with Crippen LogP contribution in [-0.2, 0) is 0 Å². The van der Waals surface area contributed by atoms with Gasteiger partial charge in [0.2, 0.25) is 0 Å². The third kappa shape index (κ3) is 5.32. The smallest absolute Gasteiger partial charge is 0.269 e. The Bertz CT molecular complexity index is 621. The lowest BCUT2D eigenvalue weighted by molar-refractivity contribution is 0.0944. The lowest BCUT2D eigenvalue weighted by Crippen LogP contribution is -2.35. The van der Waals surface area contributed by atoms with Crippen molar-refractivity contribution in [3.05, 3.63) is 41.7 Å². The van der Waals surface area contributed by atoms with Gasteiger partial charge in [-0.1, -0.05) is 45.9 Å². The molecule has 1 aromatic heterocycles. The maximum atomic E-state index is 12.2. The van der Waals surface area contributed by atoms with Gasteiger partial charge in [-0.2, -0.15) is 0 Å². The van der Waals surface area contributed by atoms with Gasteiger partial charge in [-0.25, -0.2) is 0 Å². The summed E-state index contributed by atoms with van der Waals surface area (Å²) in [6.45, 7) is 13.8. The standard InChI is InChI=1S/C17H23N3O.C2H6/c1-4-20(5-2)10-9-18-17(21)16-11-15-13(3)7-6-8-14(15)12-19-16;1-2/h6-8,11-12H,4-5,9-10H2,1-3H3,(H,18,21);1-2H3. The van der Waals surface area contributed by atoms with E-state index in [1.54, 1.807) is 6.20 Å². The SMILES string of the molecule is CC.CCN(CC)CCNC(=O)c1cc2c(C)cccc2cn1. The Morgan fingerprint density at radius 2 is 1.91 bits per heavy atom. The molecule has 4 nitrogen and oxygen atoms in total. The highest BCUT2D eigenvalue weighted by Crippen LogP contribution is 2.17. The molecule has 0 aliphatic heterocycles. The first-order valence-corrected chi connectivity index (χ1v) is 8.51. The summed E-state index contributed by atoms with van der Waals surface area (Å²) in [4.78, 5) is 18.7. The zero-order chi connectivity index (χ0) is 17.2. The number of rotatable bonds is 6. The summed E-state index contributed by atoms with van der Waals surface area (Å²) in [6, 6.07) is 7.93. The minimum atomic E-state index is -0.104. The van der Waals surface area contributed by atoms with Gasteiger partial charge in [-0.05, 0) is 37.0 Å². The molecule has 0 unspecified atom stereocenters. The second-order valence-electron chi connectivity index (χ2n) is 5.15. The first-order chi connectivity index (χ1) is 11.2. The number of aryl methyl sites for hydroxylation is 1. The summed E-state index contributed by atoms with van der Waals surface area (Å²) in [5.41, 5.74) is 1.64. The van der Waals surface area contributed by atoms with Gasteiger partial charge < -0.3 is 10.2 Å². The van der Waals surface area contributed by atoms with Crippen LogP contribution in [0.15, 0.2) is 30.5 Å². The number of nitrogens with one attached hydrogen (secondary N) is 1. The van der Waals surface area contributed by atoms with Gasteiger partial charge >= 0.3 is 0 Å². The van der Waals surface area contributed by atoms with E-state index >= 15 is 0 Å². The largest absolute Gasteiger partial charge is 0.349 e. The highest BCUT2D eigenvalue weighted by Gasteiger charge is 2.09. The number of aromatic nitrogens is 1. The second-order valence-corrected chi connectivity index (χ2v) is 5.15. The fourth-order valence-corrected chi connectivity index (χ4v) is 2.41. The minimum absolute atomic E-state index is 0.104. The molecule has 1 heterocycles. The van der Waals surface area contributed by atoms with Crippen LogP contribution in [0.25, 0.3) is 10.8 Å². The van der Waals surface area contributed by atoms with Gasteiger partial charge in [0.1, 0.15) is 5.69 Å². The van der Waals surface area contributed by atoms with Crippen molar-refractivity contribution in [2.45, 2.75) is 34.6 Å². The summed E-state index contributed by atoms with van der Waals surface area (Å²) in [5.74, 6) is -0.104. The Morgan fingerprint density at radius 3 is 2.57 bits per heavy atom. The molecule has 0 radical (unpaired) electrons. The number of pyridine rings is 1. The number of hydrogen-bond donors (Lipinski definition) is 1. The molecule has 0 bridgehead atoms. The van der Waals surface area contributed by atoms with Crippen LogP contribution in [0, 0.1) is 6.92 Å². The summed E-state index contributed by atoms with van der Waals surface area (Å²) >= 11 is 0. The molecule has 4 heteroatoms. The third-order valence-electron chi connectivity index (χ3n) is 3.82. The fourth-order valence-electron chi connectivity index (χ4n) is 2.41. The average molecular weight is 315 g/mol. The lowest BCUT2D eigenvalue weighted by atomic mass is 10.1. The third-order valence-corrected chi connectivity index (χ3v) is 3.82. The highest BCUT2D eigenvalue weighted by atomic mass is 16.1. The number of carbonyl (C=O) groups is 1. The molecule has 1 N–H and O–H groups in total. The molecule has 23 heavy (non-hydrogen) atoms. The average Bonchev–Trinajstić information content (AvgIpc) is 2.60. The number of likely N-dealkylation sites (N-methyl/N-ethyl adjacent to an activating group) is 1. The number of hydrogen-bond acceptors (Lipinski definition) is 3. The van der Waals surface area contributed by atoms with Crippen LogP contribution in [0.5, 0.6) is 0 Å². The monoisotopic (exact) mass is 315 g/mol. The predicted molar refractivity (Wildman–Crippen MR) is 97.9 cm³/mol. The van der Waals surface area contributed by atoms with Gasteiger partial charge in [0, 0.05) is 24.7 Å². The molecule has 0 saturated heterocycles. The molecule has 0 spiro atoms. The topological polar surface area (TPSA) is 45.2 Å². The van der Waals surface area contributed by atoms with Crippen molar-refractivity contribution >= 4 is 16.7 Å². The van der Waals surface area contributed by atoms with Gasteiger partial charge in [0.25, 0.3) is 5.91 Å². The number of amides is 1. The van der Waals surface area contributed by atoms with E-state index in [9.17, 15) is 4.79 Å². The first-order valence-electron chi connectivity index (χ1n) is 8.51.